The molecular formula is C25H34N2O2S. The van der Waals surface area contributed by atoms with Crippen molar-refractivity contribution in [2.45, 2.75) is 54.0 Å². The Hall–Kier alpha value is -2.14. The normalized spacial score (nSPS) is 16.5. The SMILES string of the molecule is Cc1ccccc1[C@H]1c2ccsc2CCN1C(=O)CN(CC(C)C)C(=O)C(C)(C)C. The number of hydrogen-bond acceptors (Lipinski definition) is 3. The monoisotopic (exact) mass is 426 g/mol. The van der Waals surface area contributed by atoms with Gasteiger partial charge in [-0.25, -0.2) is 0 Å². The highest BCUT2D eigenvalue weighted by molar-refractivity contribution is 7.10. The Morgan fingerprint density at radius 2 is 1.87 bits per heavy atom. The lowest BCUT2D eigenvalue weighted by atomic mass is 9.90. The molecule has 2 amide bonds. The zero-order valence-corrected chi connectivity index (χ0v) is 19.9. The first-order valence-corrected chi connectivity index (χ1v) is 11.7. The molecule has 2 aromatic rings. The number of carbonyl (C=O) groups excluding carboxylic acids is 2. The maximum atomic E-state index is 13.6. The fourth-order valence-electron chi connectivity index (χ4n) is 4.20. The zero-order valence-electron chi connectivity index (χ0n) is 19.1. The predicted octanol–water partition coefficient (Wildman–Crippen LogP) is 5.06. The number of carbonyl (C=O) groups is 2. The lowest BCUT2D eigenvalue weighted by Crippen LogP contribution is -2.50. The van der Waals surface area contributed by atoms with Crippen LogP contribution >= 0.6 is 11.3 Å². The minimum atomic E-state index is -0.507. The van der Waals surface area contributed by atoms with Crippen LogP contribution < -0.4 is 0 Å². The second-order valence-corrected chi connectivity index (χ2v) is 10.7. The second-order valence-electron chi connectivity index (χ2n) is 9.72. The van der Waals surface area contributed by atoms with Crippen molar-refractivity contribution < 1.29 is 9.59 Å². The van der Waals surface area contributed by atoms with E-state index in [9.17, 15) is 9.59 Å². The molecular weight excluding hydrogens is 392 g/mol. The standard InChI is InChI=1S/C25H34N2O2S/c1-17(2)15-26(24(29)25(4,5)6)16-22(28)27-13-11-21-20(12-14-30-21)23(27)19-10-8-7-9-18(19)3/h7-10,12,14,17,23H,11,13,15-16H2,1-6H3/t23-/m0/s1. The highest BCUT2D eigenvalue weighted by atomic mass is 32.1. The Labute approximate surface area is 184 Å². The van der Waals surface area contributed by atoms with Crippen molar-refractivity contribution in [3.63, 3.8) is 0 Å². The van der Waals surface area contributed by atoms with Crippen LogP contribution in [0.15, 0.2) is 35.7 Å². The van der Waals surface area contributed by atoms with E-state index in [0.717, 1.165) is 6.42 Å². The second kappa shape index (κ2) is 8.93. The number of thiophene rings is 1. The van der Waals surface area contributed by atoms with Crippen molar-refractivity contribution in [2.24, 2.45) is 11.3 Å². The first-order valence-electron chi connectivity index (χ1n) is 10.8. The summed E-state index contributed by atoms with van der Waals surface area (Å²) in [6.07, 6.45) is 0.874. The van der Waals surface area contributed by atoms with Crippen molar-refractivity contribution in [1.82, 2.24) is 9.80 Å². The van der Waals surface area contributed by atoms with E-state index in [4.69, 9.17) is 0 Å². The number of fused-ring (bicyclic) bond motifs is 1. The van der Waals surface area contributed by atoms with Gasteiger partial charge < -0.3 is 9.80 Å². The Bertz CT molecular complexity index is 910. The van der Waals surface area contributed by atoms with E-state index < -0.39 is 5.41 Å². The van der Waals surface area contributed by atoms with Crippen molar-refractivity contribution in [3.05, 3.63) is 57.3 Å². The largest absolute Gasteiger partial charge is 0.333 e. The Morgan fingerprint density at radius 1 is 1.17 bits per heavy atom. The first-order chi connectivity index (χ1) is 14.1. The van der Waals surface area contributed by atoms with Gasteiger partial charge in [-0.15, -0.1) is 11.3 Å². The smallest absolute Gasteiger partial charge is 0.242 e. The molecule has 1 aromatic heterocycles. The molecule has 1 aliphatic rings. The molecule has 0 radical (unpaired) electrons. The maximum absolute atomic E-state index is 13.6. The van der Waals surface area contributed by atoms with Crippen LogP contribution in [0.2, 0.25) is 0 Å². The van der Waals surface area contributed by atoms with E-state index in [1.54, 1.807) is 16.2 Å². The van der Waals surface area contributed by atoms with Gasteiger partial charge >= 0.3 is 0 Å². The molecule has 3 rings (SSSR count). The van der Waals surface area contributed by atoms with Gasteiger partial charge in [0, 0.05) is 23.4 Å². The van der Waals surface area contributed by atoms with Gasteiger partial charge in [0.2, 0.25) is 11.8 Å². The van der Waals surface area contributed by atoms with Crippen molar-refractivity contribution in [3.8, 4) is 0 Å². The van der Waals surface area contributed by atoms with Crippen LogP contribution in [0.1, 0.15) is 62.2 Å². The first kappa shape index (κ1) is 22.5. The Morgan fingerprint density at radius 3 is 2.50 bits per heavy atom. The number of amides is 2. The molecule has 5 heteroatoms. The number of nitrogens with zero attached hydrogens (tertiary/aromatic N) is 2. The van der Waals surface area contributed by atoms with Crippen LogP contribution in [-0.4, -0.2) is 41.2 Å². The summed E-state index contributed by atoms with van der Waals surface area (Å²) in [6.45, 7) is 13.4. The van der Waals surface area contributed by atoms with Gasteiger partial charge in [-0.05, 0) is 47.4 Å². The quantitative estimate of drug-likeness (QED) is 0.670. The van der Waals surface area contributed by atoms with Crippen molar-refractivity contribution in [1.29, 1.82) is 0 Å². The third-order valence-electron chi connectivity index (χ3n) is 5.61. The molecule has 162 valence electrons. The highest BCUT2D eigenvalue weighted by Crippen LogP contribution is 2.39. The van der Waals surface area contributed by atoms with Gasteiger partial charge in [0.15, 0.2) is 0 Å². The van der Waals surface area contributed by atoms with E-state index in [2.05, 4.69) is 44.4 Å². The molecule has 30 heavy (non-hydrogen) atoms. The van der Waals surface area contributed by atoms with Crippen LogP contribution in [0, 0.1) is 18.3 Å². The average molecular weight is 427 g/mol. The van der Waals surface area contributed by atoms with E-state index >= 15 is 0 Å². The van der Waals surface area contributed by atoms with Crippen molar-refractivity contribution in [2.75, 3.05) is 19.6 Å². The molecule has 0 fully saturated rings. The number of hydrogen-bond donors (Lipinski definition) is 0. The van der Waals surface area contributed by atoms with Gasteiger partial charge in [-0.3, -0.25) is 9.59 Å². The Balaban J connectivity index is 1.93. The summed E-state index contributed by atoms with van der Waals surface area (Å²) >= 11 is 1.77. The molecule has 1 aromatic carbocycles. The van der Waals surface area contributed by atoms with Crippen molar-refractivity contribution >= 4 is 23.2 Å². The Kier molecular flexibility index (Phi) is 6.71. The zero-order chi connectivity index (χ0) is 22.1. The van der Waals surface area contributed by atoms with E-state index in [1.807, 2.05) is 37.8 Å². The third kappa shape index (κ3) is 4.77. The lowest BCUT2D eigenvalue weighted by Gasteiger charge is -2.39. The molecule has 0 saturated heterocycles. The predicted molar refractivity (Wildman–Crippen MR) is 124 cm³/mol. The molecule has 0 saturated carbocycles. The summed E-state index contributed by atoms with van der Waals surface area (Å²) in [4.78, 5) is 31.7. The van der Waals surface area contributed by atoms with Crippen LogP contribution in [-0.2, 0) is 16.0 Å². The van der Waals surface area contributed by atoms with Gasteiger partial charge in [-0.2, -0.15) is 0 Å². The van der Waals surface area contributed by atoms with Crippen LogP contribution in [0.4, 0.5) is 0 Å². The topological polar surface area (TPSA) is 40.6 Å². The minimum absolute atomic E-state index is 0.0263. The minimum Gasteiger partial charge on any atom is -0.333 e. The summed E-state index contributed by atoms with van der Waals surface area (Å²) < 4.78 is 0. The summed E-state index contributed by atoms with van der Waals surface area (Å²) in [5, 5.41) is 2.12. The van der Waals surface area contributed by atoms with Crippen LogP contribution in [0.3, 0.4) is 0 Å². The highest BCUT2D eigenvalue weighted by Gasteiger charge is 2.36. The number of rotatable bonds is 5. The van der Waals surface area contributed by atoms with Gasteiger partial charge in [0.1, 0.15) is 0 Å². The average Bonchev–Trinajstić information content (AvgIpc) is 3.14. The molecule has 0 N–H and O–H groups in total. The molecule has 0 bridgehead atoms. The van der Waals surface area contributed by atoms with Crippen LogP contribution in [0.25, 0.3) is 0 Å². The van der Waals surface area contributed by atoms with E-state index in [-0.39, 0.29) is 24.4 Å². The molecule has 1 atom stereocenters. The fourth-order valence-corrected chi connectivity index (χ4v) is 5.11. The number of aryl methyl sites for hydroxylation is 1. The molecule has 0 unspecified atom stereocenters. The molecule has 0 spiro atoms. The summed E-state index contributed by atoms with van der Waals surface area (Å²) in [5.74, 6) is 0.365. The summed E-state index contributed by atoms with van der Waals surface area (Å²) in [7, 11) is 0. The van der Waals surface area contributed by atoms with Crippen LogP contribution in [0.5, 0.6) is 0 Å². The molecule has 2 heterocycles. The maximum Gasteiger partial charge on any atom is 0.242 e. The van der Waals surface area contributed by atoms with Gasteiger partial charge in [-0.1, -0.05) is 58.9 Å². The van der Waals surface area contributed by atoms with Gasteiger partial charge in [0.25, 0.3) is 0 Å². The third-order valence-corrected chi connectivity index (χ3v) is 6.61. The lowest BCUT2D eigenvalue weighted by molar-refractivity contribution is -0.146. The van der Waals surface area contributed by atoms with Gasteiger partial charge in [0.05, 0.1) is 12.6 Å². The van der Waals surface area contributed by atoms with E-state index in [0.29, 0.717) is 19.0 Å². The molecule has 1 aliphatic heterocycles. The summed E-state index contributed by atoms with van der Waals surface area (Å²) in [5.41, 5.74) is 3.07. The van der Waals surface area contributed by atoms with E-state index in [1.165, 1.54) is 21.6 Å². The fraction of sp³-hybridized carbons (Fsp3) is 0.520. The molecule has 4 nitrogen and oxygen atoms in total. The number of benzene rings is 1. The molecule has 0 aliphatic carbocycles. The summed E-state index contributed by atoms with van der Waals surface area (Å²) in [6, 6.07) is 10.4.